The number of carboxylic acids is 1. The summed E-state index contributed by atoms with van der Waals surface area (Å²) in [6.07, 6.45) is 18.8. The van der Waals surface area contributed by atoms with Crippen LogP contribution in [0.25, 0.3) is 0 Å². The maximum atomic E-state index is 12.8. The van der Waals surface area contributed by atoms with Crippen molar-refractivity contribution in [3.05, 3.63) is 48.8 Å². The SMILES string of the molecule is C=C1OC(=O)C2C3C=CC(O3)C12.CC(C)(C)OC(=O)NC1CCC(N)CC1.CCC(=O)NCCCCC(NC(=O)CC)C(=O)NC1CCC(N2C(=O)C=CC2=O)CC1.CCC(=O)NCCCCC(NC(=O)CC)C(=O)ON1C(=O)CCC1=O.CN1CCOCC1.O=C([O-])C(F)(F)F.[NH3+]C1CCC(N2C(=O)C=CC2=O)CC1. The van der Waals surface area contributed by atoms with Gasteiger partial charge < -0.3 is 82.0 Å². The maximum absolute atomic E-state index is 12.8. The zero-order valence-electron chi connectivity index (χ0n) is 65.1. The Morgan fingerprint density at radius 3 is 1.44 bits per heavy atom. The number of morpholine rings is 1. The van der Waals surface area contributed by atoms with E-state index in [1.165, 1.54) is 34.1 Å². The zero-order chi connectivity index (χ0) is 82.7. The van der Waals surface area contributed by atoms with Crippen LogP contribution in [0, 0.1) is 11.8 Å². The number of esters is 1. The van der Waals surface area contributed by atoms with E-state index >= 15 is 0 Å². The van der Waals surface area contributed by atoms with Gasteiger partial charge in [-0.1, -0.05) is 46.4 Å². The topological polar surface area (TPSA) is 464 Å². The summed E-state index contributed by atoms with van der Waals surface area (Å²) in [4.78, 5) is 182. The first-order valence-corrected chi connectivity index (χ1v) is 38.4. The van der Waals surface area contributed by atoms with Crippen LogP contribution < -0.4 is 48.5 Å². The number of carboxylic acid groups (broad SMARTS) is 1. The molecule has 2 bridgehead atoms. The van der Waals surface area contributed by atoms with Crippen molar-refractivity contribution < 1.29 is 120 Å². The van der Waals surface area contributed by atoms with Gasteiger partial charge in [-0.2, -0.15) is 13.2 Å². The molecule has 622 valence electrons. The summed E-state index contributed by atoms with van der Waals surface area (Å²) in [6.45, 7) is 21.3. The number of cyclic esters (lactones) is 1. The minimum Gasteiger partial charge on any atom is -0.542 e. The molecule has 111 heavy (non-hydrogen) atoms. The highest BCUT2D eigenvalue weighted by Gasteiger charge is 2.56. The predicted molar refractivity (Wildman–Crippen MR) is 390 cm³/mol. The van der Waals surface area contributed by atoms with Crippen molar-refractivity contribution in [1.82, 2.24) is 51.7 Å². The molecule has 11 N–H and O–H groups in total. The third kappa shape index (κ3) is 33.5. The summed E-state index contributed by atoms with van der Waals surface area (Å²) < 4.78 is 52.3. The number of nitrogens with zero attached hydrogens (tertiary/aromatic N) is 4. The number of alkyl carbamates (subject to hydrolysis) is 1. The van der Waals surface area contributed by atoms with Crippen molar-refractivity contribution >= 4 is 89.0 Å². The van der Waals surface area contributed by atoms with Gasteiger partial charge in [0.2, 0.25) is 29.5 Å². The van der Waals surface area contributed by atoms with E-state index in [4.69, 9.17) is 39.4 Å². The van der Waals surface area contributed by atoms with Crippen molar-refractivity contribution in [1.29, 1.82) is 0 Å². The number of halogens is 3. The molecule has 6 unspecified atom stereocenters. The number of carbonyl (C=O) groups excluding carboxylic acids is 15. The third-order valence-electron chi connectivity index (χ3n) is 19.2. The number of nitrogens with one attached hydrogen (secondary N) is 6. The molecule has 0 aromatic carbocycles. The average Bonchev–Trinajstić information content (AvgIpc) is 1.59. The highest BCUT2D eigenvalue weighted by Crippen LogP contribution is 2.47. The zero-order valence-corrected chi connectivity index (χ0v) is 65.1. The second kappa shape index (κ2) is 47.4. The van der Waals surface area contributed by atoms with Crippen LogP contribution in [0.1, 0.15) is 203 Å². The van der Waals surface area contributed by atoms with Crippen molar-refractivity contribution in [2.24, 2.45) is 17.6 Å². The summed E-state index contributed by atoms with van der Waals surface area (Å²) in [7, 11) is 2.11. The fourth-order valence-corrected chi connectivity index (χ4v) is 12.9. The lowest BCUT2D eigenvalue weighted by Gasteiger charge is -2.34. The molecule has 12 amide bonds. The van der Waals surface area contributed by atoms with E-state index in [0.717, 1.165) is 84.1 Å². The molecular weight excluding hydrogens is 1460 g/mol. The van der Waals surface area contributed by atoms with Gasteiger partial charge in [0.25, 0.3) is 35.4 Å². The molecule has 0 aromatic rings. The molecule has 4 saturated heterocycles. The number of imide groups is 3. The number of unbranched alkanes of at least 4 members (excludes halogenated alkanes) is 2. The predicted octanol–water partition coefficient (Wildman–Crippen LogP) is 2.23. The number of hydroxylamine groups is 2. The molecule has 7 heterocycles. The van der Waals surface area contributed by atoms with E-state index < -0.39 is 47.6 Å². The number of hydrogen-bond acceptors (Lipinski definition) is 23. The van der Waals surface area contributed by atoms with E-state index in [1.807, 2.05) is 32.9 Å². The normalized spacial score (nSPS) is 24.8. The Morgan fingerprint density at radius 1 is 0.613 bits per heavy atom. The lowest BCUT2D eigenvalue weighted by Crippen LogP contribution is -2.63. The molecule has 6 atom stereocenters. The van der Waals surface area contributed by atoms with Gasteiger partial charge in [0.05, 0.1) is 43.3 Å². The van der Waals surface area contributed by atoms with Crippen molar-refractivity contribution in [2.45, 2.75) is 275 Å². The molecule has 0 spiro atoms. The number of likely N-dealkylation sites (N-methyl/N-ethyl adjacent to an activating group) is 1. The smallest absolute Gasteiger partial charge is 0.430 e. The number of rotatable bonds is 23. The van der Waals surface area contributed by atoms with Crippen LogP contribution in [0.4, 0.5) is 18.0 Å². The monoisotopic (exact) mass is 1580 g/mol. The highest BCUT2D eigenvalue weighted by molar-refractivity contribution is 6.14. The van der Waals surface area contributed by atoms with Gasteiger partial charge in [0, 0.05) is 132 Å². The number of alkyl halides is 3. The second-order valence-electron chi connectivity index (χ2n) is 29.1. The number of fused-ring (bicyclic) bond motifs is 5. The quantitative estimate of drug-likeness (QED) is 0.0315. The molecule has 36 heteroatoms. The number of nitrogens with two attached hydrogens (primary N) is 1. The lowest BCUT2D eigenvalue weighted by atomic mass is 9.84. The van der Waals surface area contributed by atoms with Crippen LogP contribution in [0.5, 0.6) is 0 Å². The summed E-state index contributed by atoms with van der Waals surface area (Å²) in [5.74, 6) is -6.25. The van der Waals surface area contributed by atoms with E-state index in [0.29, 0.717) is 107 Å². The molecule has 7 aliphatic heterocycles. The minimum absolute atomic E-state index is 0.00251. The Hall–Kier alpha value is -9.00. The van der Waals surface area contributed by atoms with Gasteiger partial charge in [0.1, 0.15) is 29.4 Å². The van der Waals surface area contributed by atoms with Gasteiger partial charge in [-0.25, -0.2) is 9.59 Å². The third-order valence-corrected chi connectivity index (χ3v) is 19.2. The second-order valence-corrected chi connectivity index (χ2v) is 29.1. The van der Waals surface area contributed by atoms with Crippen LogP contribution in [0.15, 0.2) is 48.8 Å². The number of hydrogen-bond donors (Lipinski definition) is 8. The van der Waals surface area contributed by atoms with Crippen molar-refractivity contribution in [3.8, 4) is 0 Å². The Bertz CT molecular complexity index is 3220. The fourth-order valence-electron chi connectivity index (χ4n) is 12.9. The van der Waals surface area contributed by atoms with Crippen LogP contribution in [0.3, 0.4) is 0 Å². The summed E-state index contributed by atoms with van der Waals surface area (Å²) >= 11 is 0. The summed E-state index contributed by atoms with van der Waals surface area (Å²) in [5, 5.41) is 26.0. The summed E-state index contributed by atoms with van der Waals surface area (Å²) in [5.41, 5.74) is 9.36. The Morgan fingerprint density at radius 2 is 1.03 bits per heavy atom. The van der Waals surface area contributed by atoms with Crippen LogP contribution in [0.2, 0.25) is 0 Å². The number of quaternary nitrogens is 1. The number of aliphatic carboxylic acids is 1. The van der Waals surface area contributed by atoms with Crippen molar-refractivity contribution in [2.75, 3.05) is 46.4 Å². The molecule has 0 aromatic heterocycles. The van der Waals surface area contributed by atoms with Gasteiger partial charge >= 0.3 is 24.2 Å². The molecule has 10 aliphatic rings. The van der Waals surface area contributed by atoms with Crippen LogP contribution in [-0.4, -0.2) is 228 Å². The standard InChI is InChI=1S/C22H34N4O5.C16H25N3O6.C11H22N2O2.C10H14N2O2.C9H8O3.C5H11NO.C2HF3O2/c1-3-18(27)23-14-6-5-7-17(25-19(28)4-2)22(31)24-15-8-10-16(11-9-15)26-20(29)12-13-21(26)30;1-3-12(20)17-10-6-5-7-11(18-13(21)4-2)16(24)25-19-14(22)8-9-15(19)23;1-11(2,3)15-10(14)13-9-6-4-8(12)5-7-9;11-7-1-3-8(4-2-7)12-9(13)5-6-10(12)14;1-4-7-5-2-3-6(12-5)8(7)9(10)11-4;1-6-2-4-7-5-3-6;3-2(4,5)1(6)7/h12-13,15-17H,3-11,14H2,1-2H3,(H,23,27)(H,24,31)(H,25,28);11H,3-10H2,1-2H3,(H,17,20)(H,18,21);8-9H,4-7,12H2,1-3H3,(H,13,14);5-8H,1-4,11H2;2-3,5-8H,1H2;2-5H2,1H3;(H,6,7). The molecule has 10 rings (SSSR count). The van der Waals surface area contributed by atoms with Gasteiger partial charge in [-0.3, -0.25) is 67.3 Å². The van der Waals surface area contributed by atoms with E-state index in [2.05, 4.69) is 56.2 Å². The largest absolute Gasteiger partial charge is 0.542 e. The average molecular weight is 1580 g/mol. The van der Waals surface area contributed by atoms with E-state index in [-0.39, 0.29) is 139 Å². The first-order chi connectivity index (χ1) is 52.4. The van der Waals surface area contributed by atoms with Crippen LogP contribution >= 0.6 is 0 Å². The van der Waals surface area contributed by atoms with Gasteiger partial charge in [-0.15, -0.1) is 5.06 Å². The minimum atomic E-state index is -5.19. The fraction of sp³-hybridized carbons (Fsp3) is 0.693. The first-order valence-electron chi connectivity index (χ1n) is 38.4. The first kappa shape index (κ1) is 94.4. The molecule has 7 fully saturated rings. The lowest BCUT2D eigenvalue weighted by molar-refractivity contribution is -0.426. The van der Waals surface area contributed by atoms with Gasteiger partial charge in [0.15, 0.2) is 0 Å². The number of carbonyl (C=O) groups is 15. The van der Waals surface area contributed by atoms with E-state index in [1.54, 1.807) is 27.7 Å². The molecule has 3 saturated carbocycles. The number of amides is 12. The highest BCUT2D eigenvalue weighted by atomic mass is 19.4. The number of ether oxygens (including phenoxy) is 4. The Labute approximate surface area is 645 Å². The maximum Gasteiger partial charge on any atom is 0.430 e. The molecule has 33 nitrogen and oxygen atoms in total. The molecule has 3 aliphatic carbocycles. The van der Waals surface area contributed by atoms with Crippen molar-refractivity contribution in [3.63, 3.8) is 0 Å². The van der Waals surface area contributed by atoms with E-state index in [9.17, 15) is 80.3 Å². The summed E-state index contributed by atoms with van der Waals surface area (Å²) in [6, 6.07) is -0.587. The van der Waals surface area contributed by atoms with Gasteiger partial charge in [-0.05, 0) is 131 Å². The molecular formula is C75H115F3N12O21. The Balaban J connectivity index is 0.000000289. The Kier molecular flexibility index (Phi) is 40.3. The molecule has 0 radical (unpaired) electrons. The van der Waals surface area contributed by atoms with Crippen LogP contribution in [-0.2, 0) is 90.9 Å².